The Labute approximate surface area is 123 Å². The minimum Gasteiger partial charge on any atom is -0.494 e. The average molecular weight is 294 g/mol. The molecular formula is C16H17ClFNO. The van der Waals surface area contributed by atoms with E-state index in [-0.39, 0.29) is 11.9 Å². The molecule has 0 aliphatic carbocycles. The molecule has 1 unspecified atom stereocenters. The number of nitrogens with one attached hydrogen (secondary N) is 1. The van der Waals surface area contributed by atoms with Crippen molar-refractivity contribution in [2.45, 2.75) is 19.9 Å². The monoisotopic (exact) mass is 293 g/mol. The van der Waals surface area contributed by atoms with Crippen LogP contribution in [-0.2, 0) is 0 Å². The third kappa shape index (κ3) is 3.64. The average Bonchev–Trinajstić information content (AvgIpc) is 2.43. The van der Waals surface area contributed by atoms with Crippen LogP contribution < -0.4 is 10.1 Å². The van der Waals surface area contributed by atoms with Gasteiger partial charge in [0, 0.05) is 11.1 Å². The van der Waals surface area contributed by atoms with Gasteiger partial charge in [0.25, 0.3) is 0 Å². The van der Waals surface area contributed by atoms with Crippen molar-refractivity contribution in [3.8, 4) is 5.75 Å². The van der Waals surface area contributed by atoms with Gasteiger partial charge in [0.15, 0.2) is 0 Å². The Morgan fingerprint density at radius 3 is 2.50 bits per heavy atom. The summed E-state index contributed by atoms with van der Waals surface area (Å²) >= 11 is 5.74. The predicted octanol–water partition coefficient (Wildman–Crippen LogP) is 5.05. The highest BCUT2D eigenvalue weighted by molar-refractivity contribution is 6.30. The molecule has 2 aromatic rings. The summed E-state index contributed by atoms with van der Waals surface area (Å²) in [6.07, 6.45) is 0. The SMILES string of the molecule is CCOc1ccc(C(C)Nc2ccc(Cl)cc2F)cc1. The van der Waals surface area contributed by atoms with Crippen molar-refractivity contribution < 1.29 is 9.13 Å². The van der Waals surface area contributed by atoms with Crippen LogP contribution in [0.1, 0.15) is 25.5 Å². The van der Waals surface area contributed by atoms with E-state index in [1.165, 1.54) is 6.07 Å². The third-order valence-corrected chi connectivity index (χ3v) is 3.23. The summed E-state index contributed by atoms with van der Waals surface area (Å²) in [5, 5.41) is 3.52. The largest absolute Gasteiger partial charge is 0.494 e. The van der Waals surface area contributed by atoms with Crippen LogP contribution in [0.4, 0.5) is 10.1 Å². The Morgan fingerprint density at radius 2 is 1.90 bits per heavy atom. The van der Waals surface area contributed by atoms with E-state index in [1.54, 1.807) is 12.1 Å². The molecule has 0 spiro atoms. The minimum absolute atomic E-state index is 0.0126. The van der Waals surface area contributed by atoms with Gasteiger partial charge in [-0.05, 0) is 49.7 Å². The summed E-state index contributed by atoms with van der Waals surface area (Å²) in [7, 11) is 0. The minimum atomic E-state index is -0.352. The molecule has 0 saturated carbocycles. The first kappa shape index (κ1) is 14.7. The lowest BCUT2D eigenvalue weighted by Crippen LogP contribution is -2.08. The van der Waals surface area contributed by atoms with Crippen LogP contribution in [-0.4, -0.2) is 6.61 Å². The zero-order chi connectivity index (χ0) is 14.5. The third-order valence-electron chi connectivity index (χ3n) is 2.99. The number of hydrogen-bond acceptors (Lipinski definition) is 2. The maximum atomic E-state index is 13.7. The van der Waals surface area contributed by atoms with Gasteiger partial charge in [0.2, 0.25) is 0 Å². The standard InChI is InChI=1S/C16H17ClFNO/c1-3-20-14-7-4-12(5-8-14)11(2)19-16-9-6-13(17)10-15(16)18/h4-11,19H,3H2,1-2H3. The first-order valence-corrected chi connectivity index (χ1v) is 6.92. The fraction of sp³-hybridized carbons (Fsp3) is 0.250. The van der Waals surface area contributed by atoms with Crippen molar-refractivity contribution >= 4 is 17.3 Å². The first-order chi connectivity index (χ1) is 9.60. The number of rotatable bonds is 5. The van der Waals surface area contributed by atoms with E-state index in [9.17, 15) is 4.39 Å². The zero-order valence-corrected chi connectivity index (χ0v) is 12.2. The Balaban J connectivity index is 2.09. The Bertz CT molecular complexity index is 571. The van der Waals surface area contributed by atoms with Gasteiger partial charge < -0.3 is 10.1 Å². The second-order valence-electron chi connectivity index (χ2n) is 4.49. The van der Waals surface area contributed by atoms with Gasteiger partial charge in [0.1, 0.15) is 11.6 Å². The summed E-state index contributed by atoms with van der Waals surface area (Å²) in [6.45, 7) is 4.56. The molecule has 4 heteroatoms. The van der Waals surface area contributed by atoms with Gasteiger partial charge >= 0.3 is 0 Å². The number of hydrogen-bond donors (Lipinski definition) is 1. The van der Waals surface area contributed by atoms with Crippen LogP contribution in [0.5, 0.6) is 5.75 Å². The van der Waals surface area contributed by atoms with E-state index in [4.69, 9.17) is 16.3 Å². The quantitative estimate of drug-likeness (QED) is 0.833. The molecular weight excluding hydrogens is 277 g/mol. The molecule has 2 nitrogen and oxygen atoms in total. The van der Waals surface area contributed by atoms with Crippen molar-refractivity contribution in [2.24, 2.45) is 0 Å². The predicted molar refractivity (Wildman–Crippen MR) is 81.1 cm³/mol. The fourth-order valence-corrected chi connectivity index (χ4v) is 2.10. The molecule has 0 radical (unpaired) electrons. The second-order valence-corrected chi connectivity index (χ2v) is 4.93. The molecule has 0 aliphatic rings. The van der Waals surface area contributed by atoms with Crippen LogP contribution in [0.25, 0.3) is 0 Å². The normalized spacial score (nSPS) is 12.0. The van der Waals surface area contributed by atoms with E-state index in [1.807, 2.05) is 38.1 Å². The molecule has 0 aliphatic heterocycles. The topological polar surface area (TPSA) is 21.3 Å². The molecule has 2 rings (SSSR count). The Kier molecular flexibility index (Phi) is 4.85. The zero-order valence-electron chi connectivity index (χ0n) is 11.5. The summed E-state index contributed by atoms with van der Waals surface area (Å²) in [5.74, 6) is 0.483. The molecule has 1 atom stereocenters. The first-order valence-electron chi connectivity index (χ1n) is 6.54. The maximum absolute atomic E-state index is 13.7. The van der Waals surface area contributed by atoms with Crippen molar-refractivity contribution in [1.29, 1.82) is 0 Å². The number of ether oxygens (including phenoxy) is 1. The van der Waals surface area contributed by atoms with E-state index in [0.717, 1.165) is 11.3 Å². The van der Waals surface area contributed by atoms with Crippen LogP contribution in [0.2, 0.25) is 5.02 Å². The molecule has 1 N–H and O–H groups in total. The molecule has 2 aromatic carbocycles. The van der Waals surface area contributed by atoms with E-state index >= 15 is 0 Å². The lowest BCUT2D eigenvalue weighted by molar-refractivity contribution is 0.340. The van der Waals surface area contributed by atoms with Gasteiger partial charge in [-0.15, -0.1) is 0 Å². The fourth-order valence-electron chi connectivity index (χ4n) is 1.94. The summed E-state index contributed by atoms with van der Waals surface area (Å²) < 4.78 is 19.1. The molecule has 0 fully saturated rings. The van der Waals surface area contributed by atoms with E-state index in [2.05, 4.69) is 5.32 Å². The van der Waals surface area contributed by atoms with Crippen LogP contribution >= 0.6 is 11.6 Å². The van der Waals surface area contributed by atoms with Crippen LogP contribution in [0.15, 0.2) is 42.5 Å². The van der Waals surface area contributed by atoms with Crippen molar-refractivity contribution in [1.82, 2.24) is 0 Å². The summed E-state index contributed by atoms with van der Waals surface area (Å²) in [6, 6.07) is 12.4. The van der Waals surface area contributed by atoms with E-state index < -0.39 is 0 Å². The molecule has 20 heavy (non-hydrogen) atoms. The lowest BCUT2D eigenvalue weighted by atomic mass is 10.1. The number of anilines is 1. The molecule has 106 valence electrons. The highest BCUT2D eigenvalue weighted by atomic mass is 35.5. The second kappa shape index (κ2) is 6.62. The molecule has 0 saturated heterocycles. The highest BCUT2D eigenvalue weighted by Crippen LogP contribution is 2.25. The van der Waals surface area contributed by atoms with E-state index in [0.29, 0.717) is 17.3 Å². The van der Waals surface area contributed by atoms with Gasteiger partial charge in [0.05, 0.1) is 12.3 Å². The molecule has 0 aromatic heterocycles. The lowest BCUT2D eigenvalue weighted by Gasteiger charge is -2.17. The molecule has 0 amide bonds. The van der Waals surface area contributed by atoms with Crippen molar-refractivity contribution in [3.63, 3.8) is 0 Å². The number of halogens is 2. The van der Waals surface area contributed by atoms with Gasteiger partial charge in [-0.1, -0.05) is 23.7 Å². The molecule has 0 bridgehead atoms. The van der Waals surface area contributed by atoms with Crippen LogP contribution in [0.3, 0.4) is 0 Å². The maximum Gasteiger partial charge on any atom is 0.147 e. The van der Waals surface area contributed by atoms with Gasteiger partial charge in [-0.2, -0.15) is 0 Å². The Hall–Kier alpha value is -1.74. The molecule has 0 heterocycles. The summed E-state index contributed by atoms with van der Waals surface area (Å²) in [5.41, 5.74) is 1.50. The number of benzene rings is 2. The van der Waals surface area contributed by atoms with Crippen molar-refractivity contribution in [2.75, 3.05) is 11.9 Å². The smallest absolute Gasteiger partial charge is 0.147 e. The summed E-state index contributed by atoms with van der Waals surface area (Å²) in [4.78, 5) is 0. The van der Waals surface area contributed by atoms with Gasteiger partial charge in [-0.3, -0.25) is 0 Å². The highest BCUT2D eigenvalue weighted by Gasteiger charge is 2.09. The van der Waals surface area contributed by atoms with Crippen LogP contribution in [0, 0.1) is 5.82 Å². The van der Waals surface area contributed by atoms with Gasteiger partial charge in [-0.25, -0.2) is 4.39 Å². The Morgan fingerprint density at radius 1 is 1.20 bits per heavy atom. The van der Waals surface area contributed by atoms with Crippen molar-refractivity contribution in [3.05, 3.63) is 58.9 Å².